The first-order valence-electron chi connectivity index (χ1n) is 12.6. The maximum absolute atomic E-state index is 13.0. The van der Waals surface area contributed by atoms with Gasteiger partial charge in [0.05, 0.1) is 21.9 Å². The van der Waals surface area contributed by atoms with Crippen LogP contribution in [-0.4, -0.2) is 24.6 Å². The summed E-state index contributed by atoms with van der Waals surface area (Å²) in [5.74, 6) is -0.359. The molecule has 0 spiro atoms. The largest absolute Gasteiger partial charge is 0.399 e. The number of benzene rings is 3. The molecule has 8 nitrogen and oxygen atoms in total. The fourth-order valence-corrected chi connectivity index (χ4v) is 4.47. The van der Waals surface area contributed by atoms with Crippen LogP contribution >= 0.6 is 0 Å². The van der Waals surface area contributed by atoms with Crippen LogP contribution in [0.25, 0.3) is 0 Å². The number of hydrazone groups is 1. The van der Waals surface area contributed by atoms with E-state index in [9.17, 15) is 17.8 Å². The van der Waals surface area contributed by atoms with Gasteiger partial charge in [-0.2, -0.15) is 18.5 Å². The lowest BCUT2D eigenvalue weighted by Gasteiger charge is -2.12. The van der Waals surface area contributed by atoms with Gasteiger partial charge in [0.1, 0.15) is 0 Å². The number of carbonyl (C=O) groups excluding carboxylic acids is 1. The molecule has 0 fully saturated rings. The zero-order valence-electron chi connectivity index (χ0n) is 21.9. The molecule has 9 heteroatoms. The smallest absolute Gasteiger partial charge is 0.294 e. The van der Waals surface area contributed by atoms with Crippen LogP contribution < -0.4 is 16.1 Å². The number of carbonyl (C=O) groups is 1. The first-order chi connectivity index (χ1) is 18.2. The number of nitrogen functional groups attached to an aromatic ring is 1. The molecular weight excluding hydrogens is 500 g/mol. The number of nitrogens with one attached hydrogen (secondary N) is 1. The summed E-state index contributed by atoms with van der Waals surface area (Å²) in [6, 6.07) is 21.3. The Hall–Kier alpha value is -3.95. The number of aryl methyl sites for hydroxylation is 2. The summed E-state index contributed by atoms with van der Waals surface area (Å²) in [6.07, 6.45) is 4.92. The molecular formula is C29H34N4O4S. The minimum atomic E-state index is -4.38. The summed E-state index contributed by atoms with van der Waals surface area (Å²) in [4.78, 5) is 12.7. The van der Waals surface area contributed by atoms with Crippen LogP contribution in [0.15, 0.2) is 94.6 Å². The summed E-state index contributed by atoms with van der Waals surface area (Å²) in [5.41, 5.74) is 11.1. The Balaban J connectivity index is 0.000000375. The molecule has 1 aliphatic heterocycles. The van der Waals surface area contributed by atoms with Crippen molar-refractivity contribution in [1.82, 2.24) is 0 Å². The zero-order chi connectivity index (χ0) is 27.7. The second kappa shape index (κ2) is 13.0. The minimum absolute atomic E-state index is 0.274. The molecule has 1 amide bonds. The van der Waals surface area contributed by atoms with Gasteiger partial charge in [0.2, 0.25) is 0 Å². The van der Waals surface area contributed by atoms with E-state index in [2.05, 4.69) is 30.3 Å². The van der Waals surface area contributed by atoms with E-state index in [0.29, 0.717) is 17.7 Å². The van der Waals surface area contributed by atoms with Gasteiger partial charge in [-0.25, -0.2) is 0 Å². The van der Waals surface area contributed by atoms with Gasteiger partial charge in [0, 0.05) is 17.6 Å². The van der Waals surface area contributed by atoms with Crippen molar-refractivity contribution in [3.05, 3.63) is 95.7 Å². The first kappa shape index (κ1) is 28.6. The van der Waals surface area contributed by atoms with E-state index < -0.39 is 10.1 Å². The molecule has 0 saturated heterocycles. The van der Waals surface area contributed by atoms with Crippen molar-refractivity contribution in [2.45, 2.75) is 51.3 Å². The standard InChI is InChI=1S/C21H23N3O4S.C8H11N/c1-3-8-20-18(14-22-19-12-6-5-9-15(19)4-2)21(25)24(23-20)16-10-7-11-17(13-16)29(26,27)28;1-2-7-5-3-4-6-8(7)9/h5-7,9-14,22H,3-4,8H2,1-2H3,(H,26,27,28);3-6H,2,9H2,1H3. The van der Waals surface area contributed by atoms with Gasteiger partial charge >= 0.3 is 0 Å². The maximum atomic E-state index is 13.0. The van der Waals surface area contributed by atoms with Crippen molar-refractivity contribution < 1.29 is 17.8 Å². The van der Waals surface area contributed by atoms with Gasteiger partial charge in [0.25, 0.3) is 16.0 Å². The monoisotopic (exact) mass is 534 g/mol. The zero-order valence-corrected chi connectivity index (χ0v) is 22.7. The van der Waals surface area contributed by atoms with Crippen LogP contribution in [0.1, 0.15) is 44.7 Å². The van der Waals surface area contributed by atoms with Crippen LogP contribution in [0.3, 0.4) is 0 Å². The van der Waals surface area contributed by atoms with Gasteiger partial charge < -0.3 is 11.1 Å². The molecule has 0 saturated carbocycles. The molecule has 1 heterocycles. The van der Waals surface area contributed by atoms with Crippen molar-refractivity contribution in [2.24, 2.45) is 5.10 Å². The third-order valence-corrected chi connectivity index (χ3v) is 6.86. The summed E-state index contributed by atoms with van der Waals surface area (Å²) in [7, 11) is -4.38. The summed E-state index contributed by atoms with van der Waals surface area (Å²) >= 11 is 0. The van der Waals surface area contributed by atoms with E-state index >= 15 is 0 Å². The topological polar surface area (TPSA) is 125 Å². The van der Waals surface area contributed by atoms with Crippen molar-refractivity contribution in [1.29, 1.82) is 0 Å². The van der Waals surface area contributed by atoms with E-state index in [1.54, 1.807) is 12.3 Å². The summed E-state index contributed by atoms with van der Waals surface area (Å²) in [5, 5.41) is 8.78. The van der Waals surface area contributed by atoms with Gasteiger partial charge in [0.15, 0.2) is 0 Å². The number of nitrogens with zero attached hydrogens (tertiary/aromatic N) is 2. The molecule has 4 N–H and O–H groups in total. The Morgan fingerprint density at radius 1 is 0.947 bits per heavy atom. The van der Waals surface area contributed by atoms with Crippen LogP contribution in [-0.2, 0) is 27.8 Å². The van der Waals surface area contributed by atoms with E-state index in [1.165, 1.54) is 28.8 Å². The van der Waals surface area contributed by atoms with Crippen LogP contribution in [0.5, 0.6) is 0 Å². The Labute approximate surface area is 224 Å². The number of amides is 1. The molecule has 0 radical (unpaired) electrons. The molecule has 3 aromatic rings. The Kier molecular flexibility index (Phi) is 9.81. The number of hydrogen-bond acceptors (Lipinski definition) is 6. The molecule has 0 bridgehead atoms. The second-order valence-corrected chi connectivity index (χ2v) is 10.1. The van der Waals surface area contributed by atoms with E-state index in [-0.39, 0.29) is 16.5 Å². The quantitative estimate of drug-likeness (QED) is 0.190. The lowest BCUT2D eigenvalue weighted by Crippen LogP contribution is -2.22. The van der Waals surface area contributed by atoms with Crippen molar-refractivity contribution in [2.75, 3.05) is 16.1 Å². The molecule has 0 aliphatic carbocycles. The third kappa shape index (κ3) is 7.08. The molecule has 3 aromatic carbocycles. The molecule has 38 heavy (non-hydrogen) atoms. The molecule has 0 aromatic heterocycles. The first-order valence-corrected chi connectivity index (χ1v) is 14.0. The highest BCUT2D eigenvalue weighted by atomic mass is 32.2. The molecule has 0 unspecified atom stereocenters. The fourth-order valence-electron chi connectivity index (χ4n) is 3.95. The number of para-hydroxylation sites is 2. The third-order valence-electron chi connectivity index (χ3n) is 6.01. The fraction of sp³-hybridized carbons (Fsp3) is 0.241. The lowest BCUT2D eigenvalue weighted by molar-refractivity contribution is -0.114. The van der Waals surface area contributed by atoms with E-state index in [1.807, 2.05) is 49.4 Å². The van der Waals surface area contributed by atoms with E-state index in [0.717, 1.165) is 36.2 Å². The lowest BCUT2D eigenvalue weighted by atomic mass is 10.1. The van der Waals surface area contributed by atoms with Crippen LogP contribution in [0.4, 0.5) is 17.1 Å². The van der Waals surface area contributed by atoms with Crippen LogP contribution in [0.2, 0.25) is 0 Å². The molecule has 200 valence electrons. The average Bonchev–Trinajstić information content (AvgIpc) is 3.22. The maximum Gasteiger partial charge on any atom is 0.294 e. The van der Waals surface area contributed by atoms with Gasteiger partial charge in [-0.05, 0) is 60.7 Å². The second-order valence-electron chi connectivity index (χ2n) is 8.65. The van der Waals surface area contributed by atoms with Gasteiger partial charge in [-0.1, -0.05) is 69.7 Å². The van der Waals surface area contributed by atoms with Gasteiger partial charge in [-0.3, -0.25) is 9.35 Å². The predicted molar refractivity (Wildman–Crippen MR) is 154 cm³/mol. The summed E-state index contributed by atoms with van der Waals surface area (Å²) in [6.45, 7) is 6.15. The molecule has 4 rings (SSSR count). The number of rotatable bonds is 8. The highest BCUT2D eigenvalue weighted by Crippen LogP contribution is 2.27. The Morgan fingerprint density at radius 2 is 1.61 bits per heavy atom. The van der Waals surface area contributed by atoms with Crippen molar-refractivity contribution in [3.8, 4) is 0 Å². The average molecular weight is 535 g/mol. The van der Waals surface area contributed by atoms with Gasteiger partial charge in [-0.15, -0.1) is 0 Å². The predicted octanol–water partition coefficient (Wildman–Crippen LogP) is 5.83. The number of anilines is 3. The number of hydrogen-bond donors (Lipinski definition) is 3. The highest BCUT2D eigenvalue weighted by molar-refractivity contribution is 7.85. The van der Waals surface area contributed by atoms with Crippen LogP contribution in [0, 0.1) is 0 Å². The molecule has 0 atom stereocenters. The molecule has 1 aliphatic rings. The van der Waals surface area contributed by atoms with Crippen molar-refractivity contribution >= 4 is 38.8 Å². The van der Waals surface area contributed by atoms with E-state index in [4.69, 9.17) is 5.73 Å². The van der Waals surface area contributed by atoms with Crippen molar-refractivity contribution in [3.63, 3.8) is 0 Å². The highest BCUT2D eigenvalue weighted by Gasteiger charge is 2.31. The number of nitrogens with two attached hydrogens (primary N) is 1. The summed E-state index contributed by atoms with van der Waals surface area (Å²) < 4.78 is 32.1. The minimum Gasteiger partial charge on any atom is -0.399 e. The SMILES string of the molecule is CCCC1=NN(c2cccc(S(=O)(=O)O)c2)C(=O)C1=CNc1ccccc1CC.CCc1ccccc1N. The Morgan fingerprint density at radius 3 is 2.21 bits per heavy atom. The Bertz CT molecular complexity index is 1450. The normalized spacial score (nSPS) is 14.2.